The van der Waals surface area contributed by atoms with Crippen LogP contribution < -0.4 is 11.2 Å². The van der Waals surface area contributed by atoms with Crippen molar-refractivity contribution in [2.24, 2.45) is 11.8 Å². The minimum absolute atomic E-state index is 0. The molecule has 1 aromatic rings. The SMILES string of the molecule is C1=CC2CC2C=C1N1CCN1c1ccccc1.CC.CC.N. The standard InChI is InChI=1S/C15H16N2.2C2H6.H3N/c1-2-4-14(5-3-1)16-8-9-17(16)15-7-6-12-10-13(12)11-15;2*1-2;/h1-7,11-13H,8-10H2;2*1-2H3;1H3. The molecule has 2 unspecified atom stereocenters. The number of allylic oxidation sites excluding steroid dienone is 3. The number of benzene rings is 1. The number of fused-ring (bicyclic) bond motifs is 1. The van der Waals surface area contributed by atoms with Crippen LogP contribution in [0.2, 0.25) is 0 Å². The fourth-order valence-corrected chi connectivity index (χ4v) is 2.75. The predicted octanol–water partition coefficient (Wildman–Crippen LogP) is 5.03. The highest BCUT2D eigenvalue weighted by Gasteiger charge is 2.37. The number of para-hydroxylation sites is 1. The number of hydrogen-bond donors (Lipinski definition) is 1. The Balaban J connectivity index is 0.000000451. The lowest BCUT2D eigenvalue weighted by Crippen LogP contribution is -2.56. The van der Waals surface area contributed by atoms with Crippen LogP contribution >= 0.6 is 0 Å². The Bertz CT molecular complexity index is 493. The van der Waals surface area contributed by atoms with E-state index in [2.05, 4.69) is 58.6 Å². The molecule has 1 aliphatic heterocycles. The molecule has 2 fully saturated rings. The largest absolute Gasteiger partial charge is 0.344 e. The first-order valence-corrected chi connectivity index (χ1v) is 8.42. The number of hydrazine groups is 1. The molecule has 0 bridgehead atoms. The maximum absolute atomic E-state index is 2.44. The smallest absolute Gasteiger partial charge is 0.0592 e. The van der Waals surface area contributed by atoms with Gasteiger partial charge in [-0.05, 0) is 36.5 Å². The quantitative estimate of drug-likeness (QED) is 0.833. The van der Waals surface area contributed by atoms with Crippen LogP contribution in [0.3, 0.4) is 0 Å². The molecular weight excluding hydrogens is 270 g/mol. The monoisotopic (exact) mass is 301 g/mol. The van der Waals surface area contributed by atoms with Gasteiger partial charge in [-0.15, -0.1) is 0 Å². The zero-order valence-electron chi connectivity index (χ0n) is 14.5. The second-order valence-electron chi connectivity index (χ2n) is 5.10. The van der Waals surface area contributed by atoms with Crippen LogP contribution in [0.4, 0.5) is 5.69 Å². The predicted molar refractivity (Wildman–Crippen MR) is 97.0 cm³/mol. The van der Waals surface area contributed by atoms with E-state index in [0.29, 0.717) is 0 Å². The Morgan fingerprint density at radius 2 is 1.50 bits per heavy atom. The zero-order valence-corrected chi connectivity index (χ0v) is 14.5. The molecule has 22 heavy (non-hydrogen) atoms. The van der Waals surface area contributed by atoms with Gasteiger partial charge in [0.15, 0.2) is 0 Å². The van der Waals surface area contributed by atoms with E-state index in [1.165, 1.54) is 17.8 Å². The number of hydrogen-bond acceptors (Lipinski definition) is 3. The van der Waals surface area contributed by atoms with Gasteiger partial charge in [-0.2, -0.15) is 0 Å². The van der Waals surface area contributed by atoms with Crippen LogP contribution in [0.25, 0.3) is 0 Å². The molecule has 0 aromatic heterocycles. The summed E-state index contributed by atoms with van der Waals surface area (Å²) in [5.41, 5.74) is 2.69. The average Bonchev–Trinajstić information content (AvgIpc) is 3.30. The maximum Gasteiger partial charge on any atom is 0.0592 e. The van der Waals surface area contributed by atoms with E-state index in [9.17, 15) is 0 Å². The molecule has 3 nitrogen and oxygen atoms in total. The summed E-state index contributed by atoms with van der Waals surface area (Å²) in [5, 5.41) is 4.75. The van der Waals surface area contributed by atoms with Crippen molar-refractivity contribution in [3.63, 3.8) is 0 Å². The highest BCUT2D eigenvalue weighted by Crippen LogP contribution is 2.45. The molecular formula is C19H31N3. The van der Waals surface area contributed by atoms with Gasteiger partial charge < -0.3 is 6.15 Å². The zero-order chi connectivity index (χ0) is 15.2. The first kappa shape index (κ1) is 18.3. The van der Waals surface area contributed by atoms with E-state index in [4.69, 9.17) is 0 Å². The van der Waals surface area contributed by atoms with E-state index in [0.717, 1.165) is 24.9 Å². The highest BCUT2D eigenvalue weighted by atomic mass is 15.7. The summed E-state index contributed by atoms with van der Waals surface area (Å²) in [5.74, 6) is 1.68. The summed E-state index contributed by atoms with van der Waals surface area (Å²) < 4.78 is 0. The van der Waals surface area contributed by atoms with E-state index in [-0.39, 0.29) is 6.15 Å². The van der Waals surface area contributed by atoms with Crippen LogP contribution in [0.15, 0.2) is 54.3 Å². The Hall–Kier alpha value is -1.74. The van der Waals surface area contributed by atoms with Crippen LogP contribution in [-0.4, -0.2) is 18.1 Å². The molecule has 1 aromatic carbocycles. The molecule has 2 aliphatic carbocycles. The lowest BCUT2D eigenvalue weighted by atomic mass is 10.1. The molecule has 0 amide bonds. The van der Waals surface area contributed by atoms with Crippen molar-refractivity contribution in [3.05, 3.63) is 54.3 Å². The van der Waals surface area contributed by atoms with Gasteiger partial charge in [0, 0.05) is 0 Å². The topological polar surface area (TPSA) is 41.5 Å². The first-order chi connectivity index (χ1) is 10.4. The molecule has 1 saturated carbocycles. The molecule has 2 atom stereocenters. The van der Waals surface area contributed by atoms with Gasteiger partial charge in [0.25, 0.3) is 0 Å². The first-order valence-electron chi connectivity index (χ1n) is 8.42. The summed E-state index contributed by atoms with van der Waals surface area (Å²) in [6.07, 6.45) is 8.48. The lowest BCUT2D eigenvalue weighted by Gasteiger charge is -2.48. The molecule has 3 aliphatic rings. The maximum atomic E-state index is 2.44. The lowest BCUT2D eigenvalue weighted by molar-refractivity contribution is 0.233. The third kappa shape index (κ3) is 3.72. The van der Waals surface area contributed by atoms with Gasteiger partial charge in [0.05, 0.1) is 24.5 Å². The third-order valence-corrected chi connectivity index (χ3v) is 3.96. The van der Waals surface area contributed by atoms with E-state index in [1.807, 2.05) is 27.7 Å². The summed E-state index contributed by atoms with van der Waals surface area (Å²) in [6, 6.07) is 10.6. The van der Waals surface area contributed by atoms with Crippen molar-refractivity contribution < 1.29 is 0 Å². The molecule has 3 N–H and O–H groups in total. The fourth-order valence-electron chi connectivity index (χ4n) is 2.75. The van der Waals surface area contributed by atoms with Gasteiger partial charge in [-0.3, -0.25) is 10.0 Å². The molecule has 1 heterocycles. The minimum Gasteiger partial charge on any atom is -0.344 e. The second-order valence-corrected chi connectivity index (χ2v) is 5.10. The molecule has 1 saturated heterocycles. The molecule has 4 rings (SSSR count). The number of nitrogens with zero attached hydrogens (tertiary/aromatic N) is 2. The Morgan fingerprint density at radius 1 is 0.864 bits per heavy atom. The Labute approximate surface area is 135 Å². The minimum atomic E-state index is 0. The van der Waals surface area contributed by atoms with Gasteiger partial charge in [-0.1, -0.05) is 58.0 Å². The van der Waals surface area contributed by atoms with Crippen molar-refractivity contribution in [2.75, 3.05) is 18.1 Å². The summed E-state index contributed by atoms with van der Waals surface area (Å²) in [6.45, 7) is 10.3. The fraction of sp³-hybridized carbons (Fsp3) is 0.474. The van der Waals surface area contributed by atoms with E-state index >= 15 is 0 Å². The molecule has 122 valence electrons. The molecule has 0 spiro atoms. The number of anilines is 1. The van der Waals surface area contributed by atoms with Crippen molar-refractivity contribution in [1.29, 1.82) is 0 Å². The number of rotatable bonds is 2. The van der Waals surface area contributed by atoms with Crippen molar-refractivity contribution >= 4 is 5.69 Å². The summed E-state index contributed by atoms with van der Waals surface area (Å²) in [4.78, 5) is 0. The van der Waals surface area contributed by atoms with Gasteiger partial charge >= 0.3 is 0 Å². The van der Waals surface area contributed by atoms with Crippen molar-refractivity contribution in [1.82, 2.24) is 11.2 Å². The van der Waals surface area contributed by atoms with Crippen LogP contribution in [-0.2, 0) is 0 Å². The van der Waals surface area contributed by atoms with Crippen LogP contribution in [0.1, 0.15) is 34.1 Å². The molecule has 3 heteroatoms. The van der Waals surface area contributed by atoms with Gasteiger partial charge in [-0.25, -0.2) is 0 Å². The normalized spacial score (nSPS) is 23.4. The highest BCUT2D eigenvalue weighted by molar-refractivity contribution is 5.49. The molecule has 0 radical (unpaired) electrons. The summed E-state index contributed by atoms with van der Waals surface area (Å²) >= 11 is 0. The Morgan fingerprint density at radius 3 is 2.05 bits per heavy atom. The van der Waals surface area contributed by atoms with E-state index < -0.39 is 0 Å². The summed E-state index contributed by atoms with van der Waals surface area (Å²) in [7, 11) is 0. The van der Waals surface area contributed by atoms with Crippen molar-refractivity contribution in [3.8, 4) is 0 Å². The van der Waals surface area contributed by atoms with Gasteiger partial charge in [0.2, 0.25) is 0 Å². The van der Waals surface area contributed by atoms with Crippen LogP contribution in [0, 0.1) is 11.8 Å². The van der Waals surface area contributed by atoms with Gasteiger partial charge in [0.1, 0.15) is 0 Å². The average molecular weight is 301 g/mol. The van der Waals surface area contributed by atoms with Crippen molar-refractivity contribution in [2.45, 2.75) is 34.1 Å². The second kappa shape index (κ2) is 8.64. The van der Waals surface area contributed by atoms with Crippen LogP contribution in [0.5, 0.6) is 0 Å². The Kier molecular flexibility index (Phi) is 7.19. The van der Waals surface area contributed by atoms with E-state index in [1.54, 1.807) is 0 Å². The third-order valence-electron chi connectivity index (χ3n) is 3.96.